The Hall–Kier alpha value is -2.57. The van der Waals surface area contributed by atoms with E-state index in [-0.39, 0.29) is 17.8 Å². The molecule has 0 aromatic heterocycles. The van der Waals surface area contributed by atoms with Crippen molar-refractivity contribution in [3.63, 3.8) is 0 Å². The summed E-state index contributed by atoms with van der Waals surface area (Å²) >= 11 is 0. The number of carbonyl (C=O) groups excluding carboxylic acids is 3. The Kier molecular flexibility index (Phi) is 5.13. The van der Waals surface area contributed by atoms with Gasteiger partial charge >= 0.3 is 5.97 Å². The van der Waals surface area contributed by atoms with E-state index in [9.17, 15) is 14.4 Å². The third-order valence-electron chi connectivity index (χ3n) is 5.31. The highest BCUT2D eigenvalue weighted by Gasteiger charge is 2.52. The lowest BCUT2D eigenvalue weighted by molar-refractivity contribution is -0.159. The van der Waals surface area contributed by atoms with Crippen molar-refractivity contribution in [1.82, 2.24) is 4.90 Å². The Morgan fingerprint density at radius 3 is 2.59 bits per heavy atom. The van der Waals surface area contributed by atoms with Crippen LogP contribution in [0.3, 0.4) is 0 Å². The average Bonchev–Trinajstić information content (AvgIpc) is 2.67. The predicted molar refractivity (Wildman–Crippen MR) is 99.6 cm³/mol. The number of likely N-dealkylation sites (tertiary alicyclic amines) is 1. The molecule has 2 amide bonds. The molecule has 0 spiro atoms. The zero-order valence-electron chi connectivity index (χ0n) is 16.3. The van der Waals surface area contributed by atoms with E-state index in [1.165, 1.54) is 11.8 Å². The van der Waals surface area contributed by atoms with Gasteiger partial charge in [0.1, 0.15) is 5.75 Å². The minimum Gasteiger partial charge on any atom is -0.466 e. The summed E-state index contributed by atoms with van der Waals surface area (Å²) in [7, 11) is 1.65. The van der Waals surface area contributed by atoms with Gasteiger partial charge in [0.25, 0.3) is 17.4 Å². The summed E-state index contributed by atoms with van der Waals surface area (Å²) in [4.78, 5) is 41.1. The number of rotatable bonds is 3. The smallest absolute Gasteiger partial charge is 0.309 e. The molecule has 0 saturated carbocycles. The zero-order chi connectivity index (χ0) is 19.8. The summed E-state index contributed by atoms with van der Waals surface area (Å²) in [6.45, 7) is 6.39. The Bertz CT molecular complexity index is 770. The maximum Gasteiger partial charge on any atom is 0.309 e. The van der Waals surface area contributed by atoms with Gasteiger partial charge in [-0.05, 0) is 51.3 Å². The number of amides is 2. The van der Waals surface area contributed by atoms with E-state index in [1.807, 2.05) is 19.1 Å². The number of aryl methyl sites for hydroxylation is 1. The van der Waals surface area contributed by atoms with E-state index < -0.39 is 11.5 Å². The Morgan fingerprint density at radius 2 is 1.96 bits per heavy atom. The van der Waals surface area contributed by atoms with Crippen molar-refractivity contribution in [2.75, 3.05) is 31.6 Å². The largest absolute Gasteiger partial charge is 0.466 e. The summed E-state index contributed by atoms with van der Waals surface area (Å²) in [6, 6.07) is 5.53. The third-order valence-corrected chi connectivity index (χ3v) is 5.31. The Balaban J connectivity index is 1.76. The number of piperidine rings is 1. The molecule has 0 N–H and O–H groups in total. The van der Waals surface area contributed by atoms with Crippen molar-refractivity contribution in [2.24, 2.45) is 5.92 Å². The summed E-state index contributed by atoms with van der Waals surface area (Å²) in [5, 5.41) is 0. The van der Waals surface area contributed by atoms with Crippen molar-refractivity contribution in [3.05, 3.63) is 23.8 Å². The second kappa shape index (κ2) is 7.21. The molecule has 1 aromatic carbocycles. The zero-order valence-corrected chi connectivity index (χ0v) is 16.3. The van der Waals surface area contributed by atoms with Crippen molar-refractivity contribution >= 4 is 23.5 Å². The normalized spacial score (nSPS) is 22.9. The van der Waals surface area contributed by atoms with E-state index in [1.54, 1.807) is 24.9 Å². The van der Waals surface area contributed by atoms with E-state index in [4.69, 9.17) is 9.47 Å². The van der Waals surface area contributed by atoms with Crippen LogP contribution < -0.4 is 9.64 Å². The highest BCUT2D eigenvalue weighted by atomic mass is 16.5. The number of esters is 1. The fourth-order valence-corrected chi connectivity index (χ4v) is 3.68. The number of carbonyl (C=O) groups is 3. The molecular formula is C20H26N2O5. The van der Waals surface area contributed by atoms with E-state index in [2.05, 4.69) is 0 Å². The third kappa shape index (κ3) is 3.38. The number of hydrogen-bond acceptors (Lipinski definition) is 5. The number of anilines is 1. The molecule has 1 unspecified atom stereocenters. The Labute approximate surface area is 159 Å². The van der Waals surface area contributed by atoms with E-state index in [0.29, 0.717) is 44.0 Å². The molecule has 7 heteroatoms. The van der Waals surface area contributed by atoms with Crippen LogP contribution in [0.4, 0.5) is 5.69 Å². The van der Waals surface area contributed by atoms with Crippen LogP contribution in [-0.2, 0) is 19.1 Å². The lowest BCUT2D eigenvalue weighted by atomic mass is 9.93. The first-order valence-corrected chi connectivity index (χ1v) is 9.31. The monoisotopic (exact) mass is 374 g/mol. The number of benzene rings is 1. The maximum atomic E-state index is 13.1. The van der Waals surface area contributed by atoms with Crippen LogP contribution >= 0.6 is 0 Å². The quantitative estimate of drug-likeness (QED) is 0.597. The van der Waals surface area contributed by atoms with E-state index >= 15 is 0 Å². The van der Waals surface area contributed by atoms with Crippen molar-refractivity contribution in [1.29, 1.82) is 0 Å². The van der Waals surface area contributed by atoms with Gasteiger partial charge in [0.15, 0.2) is 0 Å². The molecule has 1 aromatic rings. The standard InChI is InChI=1S/C20H26N2O5/c1-5-26-17(23)14-8-10-22(11-9-14)19(25)20(3)18(24)21(4)15-12-13(2)6-7-16(15)27-20/h6-7,12,14H,5,8-11H2,1-4H3. The number of ether oxygens (including phenoxy) is 2. The lowest BCUT2D eigenvalue weighted by Gasteiger charge is -2.41. The SMILES string of the molecule is CCOC(=O)C1CCN(C(=O)C2(C)Oc3ccc(C)cc3N(C)C2=O)CC1. The maximum absolute atomic E-state index is 13.1. The molecule has 2 heterocycles. The molecule has 2 aliphatic rings. The van der Waals surface area contributed by atoms with Gasteiger partial charge in [-0.2, -0.15) is 0 Å². The summed E-state index contributed by atoms with van der Waals surface area (Å²) in [6.07, 6.45) is 1.06. The van der Waals surface area contributed by atoms with Crippen molar-refractivity contribution in [2.45, 2.75) is 39.2 Å². The fraction of sp³-hybridized carbons (Fsp3) is 0.550. The average molecular weight is 374 g/mol. The van der Waals surface area contributed by atoms with Gasteiger partial charge in [-0.15, -0.1) is 0 Å². The van der Waals surface area contributed by atoms with Crippen LogP contribution in [-0.4, -0.2) is 55.0 Å². The molecule has 2 aliphatic heterocycles. The first-order chi connectivity index (χ1) is 12.8. The molecule has 3 rings (SSSR count). The van der Waals surface area contributed by atoms with Crippen LogP contribution in [0.1, 0.15) is 32.3 Å². The minimum atomic E-state index is -1.60. The molecule has 1 fully saturated rings. The molecule has 0 aliphatic carbocycles. The number of fused-ring (bicyclic) bond motifs is 1. The van der Waals surface area contributed by atoms with Crippen LogP contribution in [0.25, 0.3) is 0 Å². The van der Waals surface area contributed by atoms with Gasteiger partial charge in [-0.3, -0.25) is 14.4 Å². The lowest BCUT2D eigenvalue weighted by Crippen LogP contribution is -2.63. The molecule has 146 valence electrons. The minimum absolute atomic E-state index is 0.198. The Morgan fingerprint density at radius 1 is 1.30 bits per heavy atom. The molecular weight excluding hydrogens is 348 g/mol. The highest BCUT2D eigenvalue weighted by Crippen LogP contribution is 2.38. The first kappa shape index (κ1) is 19.2. The summed E-state index contributed by atoms with van der Waals surface area (Å²) in [5.41, 5.74) is 0.0626. The van der Waals surface area contributed by atoms with Gasteiger partial charge < -0.3 is 19.3 Å². The van der Waals surface area contributed by atoms with Crippen LogP contribution in [0.5, 0.6) is 5.75 Å². The molecule has 7 nitrogen and oxygen atoms in total. The highest BCUT2D eigenvalue weighted by molar-refractivity contribution is 6.16. The van der Waals surface area contributed by atoms with Gasteiger partial charge in [-0.1, -0.05) is 6.07 Å². The van der Waals surface area contributed by atoms with Gasteiger partial charge in [0.2, 0.25) is 0 Å². The van der Waals surface area contributed by atoms with Gasteiger partial charge in [-0.25, -0.2) is 0 Å². The predicted octanol–water partition coefficient (Wildman–Crippen LogP) is 1.91. The number of hydrogen-bond donors (Lipinski definition) is 0. The number of nitrogens with zero attached hydrogens (tertiary/aromatic N) is 2. The van der Waals surface area contributed by atoms with Crippen molar-refractivity contribution in [3.8, 4) is 5.75 Å². The van der Waals surface area contributed by atoms with Crippen molar-refractivity contribution < 1.29 is 23.9 Å². The van der Waals surface area contributed by atoms with E-state index in [0.717, 1.165) is 5.56 Å². The second-order valence-corrected chi connectivity index (χ2v) is 7.29. The van der Waals surface area contributed by atoms with Crippen LogP contribution in [0.15, 0.2) is 18.2 Å². The molecule has 27 heavy (non-hydrogen) atoms. The molecule has 1 saturated heterocycles. The first-order valence-electron chi connectivity index (χ1n) is 9.31. The van der Waals surface area contributed by atoms with Crippen LogP contribution in [0, 0.1) is 12.8 Å². The second-order valence-electron chi connectivity index (χ2n) is 7.29. The van der Waals surface area contributed by atoms with Gasteiger partial charge in [0, 0.05) is 20.1 Å². The molecule has 0 bridgehead atoms. The molecule has 0 radical (unpaired) electrons. The molecule has 1 atom stereocenters. The summed E-state index contributed by atoms with van der Waals surface area (Å²) in [5.74, 6) is -0.660. The topological polar surface area (TPSA) is 76.2 Å². The summed E-state index contributed by atoms with van der Waals surface area (Å²) < 4.78 is 11.0. The fourth-order valence-electron chi connectivity index (χ4n) is 3.68. The van der Waals surface area contributed by atoms with Gasteiger partial charge in [0.05, 0.1) is 18.2 Å². The van der Waals surface area contributed by atoms with Crippen LogP contribution in [0.2, 0.25) is 0 Å². The number of likely N-dealkylation sites (N-methyl/N-ethyl adjacent to an activating group) is 1.